The van der Waals surface area contributed by atoms with Gasteiger partial charge in [-0.15, -0.1) is 0 Å². The summed E-state index contributed by atoms with van der Waals surface area (Å²) >= 11 is 0. The van der Waals surface area contributed by atoms with Crippen molar-refractivity contribution in [3.63, 3.8) is 0 Å². The number of allylic oxidation sites excluding steroid dienone is 16. The van der Waals surface area contributed by atoms with Crippen LogP contribution in [0.3, 0.4) is 0 Å². The van der Waals surface area contributed by atoms with Gasteiger partial charge in [0, 0.05) is 23.7 Å². The second-order valence-electron chi connectivity index (χ2n) is 18.9. The molecule has 0 aromatic heterocycles. The minimum atomic E-state index is -1.88. The average molecular weight is 741 g/mol. The smallest absolute Gasteiger partial charge is 0.250 e. The number of hydrogen-bond donors (Lipinski definition) is 0. The average Bonchev–Trinajstić information content (AvgIpc) is 3.33. The van der Waals surface area contributed by atoms with Crippen LogP contribution in [0.1, 0.15) is 97.6 Å². The van der Waals surface area contributed by atoms with E-state index in [-0.39, 0.29) is 21.9 Å². The minimum absolute atomic E-state index is 0.175. The molecule has 53 heavy (non-hydrogen) atoms. The van der Waals surface area contributed by atoms with Crippen molar-refractivity contribution < 1.29 is 8.85 Å². The lowest BCUT2D eigenvalue weighted by Crippen LogP contribution is -2.43. The van der Waals surface area contributed by atoms with Gasteiger partial charge in [-0.2, -0.15) is 0 Å². The van der Waals surface area contributed by atoms with Gasteiger partial charge in [0.1, 0.15) is 11.5 Å². The zero-order valence-corrected chi connectivity index (χ0v) is 36.6. The molecule has 4 aliphatic carbocycles. The molecule has 0 bridgehead atoms. The predicted octanol–water partition coefficient (Wildman–Crippen LogP) is 14.5. The minimum Gasteiger partial charge on any atom is -0.544 e. The molecule has 0 radical (unpaired) electrons. The highest BCUT2D eigenvalue weighted by Crippen LogP contribution is 2.47. The van der Waals surface area contributed by atoms with E-state index in [4.69, 9.17) is 8.85 Å². The van der Waals surface area contributed by atoms with Crippen molar-refractivity contribution in [2.75, 3.05) is 0 Å². The van der Waals surface area contributed by atoms with Crippen molar-refractivity contribution in [3.8, 4) is 11.5 Å². The summed E-state index contributed by atoms with van der Waals surface area (Å²) in [6, 6.07) is 17.9. The molecule has 0 spiro atoms. The number of benzene rings is 2. The van der Waals surface area contributed by atoms with E-state index in [1.807, 2.05) is 0 Å². The van der Waals surface area contributed by atoms with Gasteiger partial charge in [0.2, 0.25) is 16.6 Å². The highest BCUT2D eigenvalue weighted by molar-refractivity contribution is 6.75. The zero-order valence-electron chi connectivity index (χ0n) is 34.6. The standard InChI is InChI=1S/C49H64O2Si2/c1-34-32-46-42(36-24-28-38(29-25-36)50-52(9,10)48(3,4)5)18-13-15-20-44(46)40(34)22-17-23-41-35(2)33-47-43(19-14-16-21-45(41)47)37-26-30-39(31-27-37)51-53(11,12)49(6,7)8/h13-16,18-21,24-33,40-43H,17,22-23H2,1-12H3. The normalized spacial score (nSPS) is 23.1. The Hall–Kier alpha value is -3.61. The summed E-state index contributed by atoms with van der Waals surface area (Å²) in [5.41, 5.74) is 11.6. The molecule has 280 valence electrons. The van der Waals surface area contributed by atoms with Crippen LogP contribution in [0.4, 0.5) is 0 Å². The molecule has 4 heteroatoms. The van der Waals surface area contributed by atoms with Gasteiger partial charge in [-0.1, -0.05) is 144 Å². The molecule has 4 unspecified atom stereocenters. The monoisotopic (exact) mass is 740 g/mol. The molecule has 6 rings (SSSR count). The molecule has 0 saturated carbocycles. The molecule has 4 aliphatic rings. The van der Waals surface area contributed by atoms with Gasteiger partial charge in [-0.05, 0) is 121 Å². The third kappa shape index (κ3) is 8.25. The van der Waals surface area contributed by atoms with E-state index in [1.165, 1.54) is 63.8 Å². The predicted molar refractivity (Wildman–Crippen MR) is 233 cm³/mol. The highest BCUT2D eigenvalue weighted by Gasteiger charge is 2.40. The lowest BCUT2D eigenvalue weighted by molar-refractivity contribution is 0.492. The van der Waals surface area contributed by atoms with Crippen molar-refractivity contribution >= 4 is 16.6 Å². The van der Waals surface area contributed by atoms with Gasteiger partial charge >= 0.3 is 0 Å². The van der Waals surface area contributed by atoms with Crippen molar-refractivity contribution in [1.82, 2.24) is 0 Å². The Morgan fingerprint density at radius 2 is 0.868 bits per heavy atom. The highest BCUT2D eigenvalue weighted by atomic mass is 28.4. The maximum absolute atomic E-state index is 6.61. The summed E-state index contributed by atoms with van der Waals surface area (Å²) in [6.45, 7) is 27.7. The van der Waals surface area contributed by atoms with Crippen LogP contribution >= 0.6 is 0 Å². The van der Waals surface area contributed by atoms with Crippen LogP contribution in [-0.4, -0.2) is 16.6 Å². The molecule has 0 aliphatic heterocycles. The maximum Gasteiger partial charge on any atom is 0.250 e. The van der Waals surface area contributed by atoms with Crippen LogP contribution < -0.4 is 8.85 Å². The van der Waals surface area contributed by atoms with E-state index in [9.17, 15) is 0 Å². The molecule has 0 saturated heterocycles. The molecular formula is C49H64O2Si2. The first-order chi connectivity index (χ1) is 24.9. The summed E-state index contributed by atoms with van der Waals surface area (Å²) in [4.78, 5) is 0. The molecule has 0 heterocycles. The Morgan fingerprint density at radius 1 is 0.509 bits per heavy atom. The molecule has 0 amide bonds. The fourth-order valence-electron chi connectivity index (χ4n) is 7.85. The third-order valence-electron chi connectivity index (χ3n) is 13.2. The number of rotatable bonds is 10. The SMILES string of the molecule is CC1=CC2=C(C=CC=CC2c2ccc(O[Si](C)(C)C(C)(C)C)cc2)C1CCCC1C(C)=CC2=C1C=CC=CC2c1ccc(O[Si](C)(C)C(C)(C)C)cc1. The van der Waals surface area contributed by atoms with Crippen LogP contribution in [0, 0.1) is 11.8 Å². The fourth-order valence-corrected chi connectivity index (χ4v) is 9.91. The fraction of sp³-hybridized carbons (Fsp3) is 0.429. The summed E-state index contributed by atoms with van der Waals surface area (Å²) < 4.78 is 13.2. The van der Waals surface area contributed by atoms with Gasteiger partial charge in [-0.25, -0.2) is 0 Å². The first kappa shape index (κ1) is 39.1. The van der Waals surface area contributed by atoms with E-state index >= 15 is 0 Å². The molecule has 2 aromatic rings. The van der Waals surface area contributed by atoms with Crippen molar-refractivity contribution in [3.05, 3.63) is 154 Å². The lowest BCUT2D eigenvalue weighted by atomic mass is 9.83. The molecule has 0 N–H and O–H groups in total. The van der Waals surface area contributed by atoms with Gasteiger partial charge in [0.25, 0.3) is 0 Å². The van der Waals surface area contributed by atoms with Gasteiger partial charge in [-0.3, -0.25) is 0 Å². The lowest BCUT2D eigenvalue weighted by Gasteiger charge is -2.36. The Balaban J connectivity index is 1.14. The topological polar surface area (TPSA) is 18.5 Å². The van der Waals surface area contributed by atoms with Gasteiger partial charge in [0.15, 0.2) is 0 Å². The van der Waals surface area contributed by atoms with Crippen molar-refractivity contribution in [2.45, 2.75) is 123 Å². The largest absolute Gasteiger partial charge is 0.544 e. The summed E-state index contributed by atoms with van der Waals surface area (Å²) in [7, 11) is -3.76. The van der Waals surface area contributed by atoms with Crippen LogP contribution in [0.25, 0.3) is 0 Å². The van der Waals surface area contributed by atoms with E-state index in [0.29, 0.717) is 11.8 Å². The molecule has 0 fully saturated rings. The number of hydrogen-bond acceptors (Lipinski definition) is 2. The first-order valence-electron chi connectivity index (χ1n) is 20.0. The second-order valence-corrected chi connectivity index (χ2v) is 28.4. The van der Waals surface area contributed by atoms with E-state index in [2.05, 4.69) is 191 Å². The van der Waals surface area contributed by atoms with Crippen LogP contribution in [0.2, 0.25) is 36.3 Å². The Bertz CT molecular complexity index is 1780. The Labute approximate surface area is 324 Å². The van der Waals surface area contributed by atoms with Gasteiger partial charge < -0.3 is 8.85 Å². The van der Waals surface area contributed by atoms with Crippen molar-refractivity contribution in [1.29, 1.82) is 0 Å². The Kier molecular flexibility index (Phi) is 11.0. The maximum atomic E-state index is 6.61. The molecule has 2 aromatic carbocycles. The Morgan fingerprint density at radius 3 is 1.21 bits per heavy atom. The van der Waals surface area contributed by atoms with Crippen molar-refractivity contribution in [2.24, 2.45) is 11.8 Å². The zero-order chi connectivity index (χ0) is 38.3. The molecule has 2 nitrogen and oxygen atoms in total. The van der Waals surface area contributed by atoms with Crippen LogP contribution in [0.15, 0.2) is 143 Å². The van der Waals surface area contributed by atoms with Crippen LogP contribution in [0.5, 0.6) is 11.5 Å². The van der Waals surface area contributed by atoms with E-state index < -0.39 is 16.6 Å². The van der Waals surface area contributed by atoms with Gasteiger partial charge in [0.05, 0.1) is 0 Å². The van der Waals surface area contributed by atoms with Crippen LogP contribution in [-0.2, 0) is 0 Å². The quantitative estimate of drug-likeness (QED) is 0.226. The molecule has 4 atom stereocenters. The summed E-state index contributed by atoms with van der Waals surface area (Å²) in [5, 5.41) is 0.349. The van der Waals surface area contributed by atoms with E-state index in [1.54, 1.807) is 0 Å². The summed E-state index contributed by atoms with van der Waals surface area (Å²) in [6.07, 6.45) is 27.0. The van der Waals surface area contributed by atoms with E-state index in [0.717, 1.165) is 11.5 Å². The molecular weight excluding hydrogens is 677 g/mol. The summed E-state index contributed by atoms with van der Waals surface area (Å²) in [5.74, 6) is 3.42. The first-order valence-corrected chi connectivity index (χ1v) is 25.8. The second kappa shape index (κ2) is 14.9. The third-order valence-corrected chi connectivity index (χ3v) is 21.9.